The zero-order chi connectivity index (χ0) is 11.1. The molecule has 0 unspecified atom stereocenters. The van der Waals surface area contributed by atoms with E-state index in [4.69, 9.17) is 9.84 Å². The maximum Gasteiger partial charge on any atom is 0.356 e. The molecule has 0 aliphatic carbocycles. The van der Waals surface area contributed by atoms with Gasteiger partial charge in [-0.2, -0.15) is 0 Å². The van der Waals surface area contributed by atoms with Gasteiger partial charge in [0.05, 0.1) is 18.9 Å². The second-order valence-corrected chi connectivity index (χ2v) is 3.16. The molecule has 0 saturated heterocycles. The standard InChI is InChI=1S/C11H15NO3/c1-2-3-7-15-11(14)10-6-4-5-9(8-13)12-10/h4-6,13H,2-3,7-8H2,1H3. The van der Waals surface area contributed by atoms with Crippen molar-refractivity contribution in [3.63, 3.8) is 0 Å². The van der Waals surface area contributed by atoms with Crippen LogP contribution in [0.25, 0.3) is 0 Å². The Kier molecular flexibility index (Phi) is 4.77. The molecule has 0 aliphatic rings. The predicted molar refractivity (Wildman–Crippen MR) is 55.4 cm³/mol. The van der Waals surface area contributed by atoms with Crippen LogP contribution in [-0.4, -0.2) is 22.7 Å². The second kappa shape index (κ2) is 6.14. The molecule has 1 aromatic heterocycles. The van der Waals surface area contributed by atoms with Crippen molar-refractivity contribution in [2.24, 2.45) is 0 Å². The Hall–Kier alpha value is -1.42. The molecule has 1 aromatic rings. The highest BCUT2D eigenvalue weighted by atomic mass is 16.5. The van der Waals surface area contributed by atoms with Crippen molar-refractivity contribution < 1.29 is 14.6 Å². The number of aliphatic hydroxyl groups excluding tert-OH is 1. The van der Waals surface area contributed by atoms with Crippen molar-refractivity contribution in [2.75, 3.05) is 6.61 Å². The Bertz CT molecular complexity index is 325. The molecule has 0 radical (unpaired) electrons. The Morgan fingerprint density at radius 3 is 3.00 bits per heavy atom. The van der Waals surface area contributed by atoms with Crippen molar-refractivity contribution in [1.82, 2.24) is 4.98 Å². The van der Waals surface area contributed by atoms with E-state index in [1.54, 1.807) is 18.2 Å². The topological polar surface area (TPSA) is 59.4 Å². The summed E-state index contributed by atoms with van der Waals surface area (Å²) in [6, 6.07) is 4.91. The van der Waals surface area contributed by atoms with E-state index in [0.29, 0.717) is 12.3 Å². The molecule has 0 amide bonds. The highest BCUT2D eigenvalue weighted by Crippen LogP contribution is 2.02. The van der Waals surface area contributed by atoms with Crippen LogP contribution in [0, 0.1) is 0 Å². The number of aromatic nitrogens is 1. The van der Waals surface area contributed by atoms with Gasteiger partial charge in [0.15, 0.2) is 0 Å². The van der Waals surface area contributed by atoms with E-state index in [-0.39, 0.29) is 12.3 Å². The number of unbranched alkanes of at least 4 members (excludes halogenated alkanes) is 1. The van der Waals surface area contributed by atoms with E-state index in [1.807, 2.05) is 6.92 Å². The number of rotatable bonds is 5. The lowest BCUT2D eigenvalue weighted by Gasteiger charge is -2.03. The Morgan fingerprint density at radius 2 is 2.33 bits per heavy atom. The van der Waals surface area contributed by atoms with Gasteiger partial charge in [0.1, 0.15) is 5.69 Å². The average Bonchev–Trinajstić information content (AvgIpc) is 2.29. The summed E-state index contributed by atoms with van der Waals surface area (Å²) in [6.07, 6.45) is 1.84. The van der Waals surface area contributed by atoms with Gasteiger partial charge >= 0.3 is 5.97 Å². The first-order valence-corrected chi connectivity index (χ1v) is 5.02. The minimum atomic E-state index is -0.432. The van der Waals surface area contributed by atoms with Gasteiger partial charge in [-0.1, -0.05) is 19.4 Å². The average molecular weight is 209 g/mol. The van der Waals surface area contributed by atoms with E-state index >= 15 is 0 Å². The summed E-state index contributed by atoms with van der Waals surface area (Å²) in [4.78, 5) is 15.4. The number of aliphatic hydroxyl groups is 1. The van der Waals surface area contributed by atoms with Crippen LogP contribution >= 0.6 is 0 Å². The Balaban J connectivity index is 2.57. The summed E-state index contributed by atoms with van der Waals surface area (Å²) in [6.45, 7) is 2.27. The van der Waals surface area contributed by atoms with Crippen LogP contribution in [0.3, 0.4) is 0 Å². The van der Waals surface area contributed by atoms with Crippen molar-refractivity contribution in [3.05, 3.63) is 29.6 Å². The third-order valence-electron chi connectivity index (χ3n) is 1.91. The van der Waals surface area contributed by atoms with Gasteiger partial charge in [-0.3, -0.25) is 0 Å². The zero-order valence-corrected chi connectivity index (χ0v) is 8.77. The van der Waals surface area contributed by atoms with E-state index in [0.717, 1.165) is 12.8 Å². The zero-order valence-electron chi connectivity index (χ0n) is 8.77. The number of carbonyl (C=O) groups is 1. The minimum Gasteiger partial charge on any atom is -0.461 e. The first-order chi connectivity index (χ1) is 7.27. The number of nitrogens with zero attached hydrogens (tertiary/aromatic N) is 1. The van der Waals surface area contributed by atoms with Crippen LogP contribution in [0.1, 0.15) is 35.9 Å². The maximum atomic E-state index is 11.4. The van der Waals surface area contributed by atoms with Crippen molar-refractivity contribution in [2.45, 2.75) is 26.4 Å². The molecule has 0 bridgehead atoms. The normalized spacial score (nSPS) is 10.0. The van der Waals surface area contributed by atoms with Gasteiger partial charge < -0.3 is 9.84 Å². The van der Waals surface area contributed by atoms with Crippen LogP contribution in [0.4, 0.5) is 0 Å². The molecular formula is C11H15NO3. The largest absolute Gasteiger partial charge is 0.461 e. The Morgan fingerprint density at radius 1 is 1.53 bits per heavy atom. The number of carbonyl (C=O) groups excluding carboxylic acids is 1. The third kappa shape index (κ3) is 3.67. The van der Waals surface area contributed by atoms with E-state index < -0.39 is 5.97 Å². The van der Waals surface area contributed by atoms with Crippen molar-refractivity contribution in [1.29, 1.82) is 0 Å². The molecule has 0 spiro atoms. The van der Waals surface area contributed by atoms with Crippen LogP contribution < -0.4 is 0 Å². The molecule has 0 fully saturated rings. The number of ether oxygens (including phenoxy) is 1. The SMILES string of the molecule is CCCCOC(=O)c1cccc(CO)n1. The fourth-order valence-corrected chi connectivity index (χ4v) is 1.06. The van der Waals surface area contributed by atoms with E-state index in [9.17, 15) is 4.79 Å². The van der Waals surface area contributed by atoms with Gasteiger partial charge in [-0.25, -0.2) is 9.78 Å². The monoisotopic (exact) mass is 209 g/mol. The summed E-state index contributed by atoms with van der Waals surface area (Å²) in [5, 5.41) is 8.84. The molecule has 1 rings (SSSR count). The quantitative estimate of drug-likeness (QED) is 0.590. The van der Waals surface area contributed by atoms with Crippen LogP contribution in [0.2, 0.25) is 0 Å². The summed E-state index contributed by atoms with van der Waals surface area (Å²) in [5.74, 6) is -0.432. The summed E-state index contributed by atoms with van der Waals surface area (Å²) in [5.41, 5.74) is 0.720. The lowest BCUT2D eigenvalue weighted by molar-refractivity contribution is 0.0492. The Labute approximate surface area is 88.9 Å². The van der Waals surface area contributed by atoms with Crippen molar-refractivity contribution in [3.8, 4) is 0 Å². The molecule has 0 atom stereocenters. The van der Waals surface area contributed by atoms with Crippen molar-refractivity contribution >= 4 is 5.97 Å². The highest BCUT2D eigenvalue weighted by molar-refractivity contribution is 5.87. The fraction of sp³-hybridized carbons (Fsp3) is 0.455. The fourth-order valence-electron chi connectivity index (χ4n) is 1.06. The maximum absolute atomic E-state index is 11.4. The molecule has 1 N–H and O–H groups in total. The summed E-state index contributed by atoms with van der Waals surface area (Å²) in [7, 11) is 0. The van der Waals surface area contributed by atoms with Gasteiger partial charge in [0, 0.05) is 0 Å². The number of hydrogen-bond donors (Lipinski definition) is 1. The highest BCUT2D eigenvalue weighted by Gasteiger charge is 2.08. The molecular weight excluding hydrogens is 194 g/mol. The molecule has 0 aromatic carbocycles. The van der Waals surface area contributed by atoms with Gasteiger partial charge in [-0.05, 0) is 18.6 Å². The lowest BCUT2D eigenvalue weighted by Crippen LogP contribution is -2.09. The second-order valence-electron chi connectivity index (χ2n) is 3.16. The summed E-state index contributed by atoms with van der Waals surface area (Å²) < 4.78 is 4.98. The molecule has 1 heterocycles. The summed E-state index contributed by atoms with van der Waals surface area (Å²) >= 11 is 0. The smallest absolute Gasteiger partial charge is 0.356 e. The van der Waals surface area contributed by atoms with E-state index in [2.05, 4.69) is 4.98 Å². The van der Waals surface area contributed by atoms with Crippen LogP contribution in [0.15, 0.2) is 18.2 Å². The lowest BCUT2D eigenvalue weighted by atomic mass is 10.3. The molecule has 82 valence electrons. The van der Waals surface area contributed by atoms with Gasteiger partial charge in [-0.15, -0.1) is 0 Å². The minimum absolute atomic E-state index is 0.171. The number of pyridine rings is 1. The van der Waals surface area contributed by atoms with Crippen LogP contribution in [0.5, 0.6) is 0 Å². The molecule has 4 nitrogen and oxygen atoms in total. The number of esters is 1. The third-order valence-corrected chi connectivity index (χ3v) is 1.91. The van der Waals surface area contributed by atoms with Gasteiger partial charge in [0.25, 0.3) is 0 Å². The molecule has 15 heavy (non-hydrogen) atoms. The number of hydrogen-bond acceptors (Lipinski definition) is 4. The van der Waals surface area contributed by atoms with E-state index in [1.165, 1.54) is 0 Å². The van der Waals surface area contributed by atoms with Crippen LogP contribution in [-0.2, 0) is 11.3 Å². The first-order valence-electron chi connectivity index (χ1n) is 5.02. The van der Waals surface area contributed by atoms with Gasteiger partial charge in [0.2, 0.25) is 0 Å². The first kappa shape index (κ1) is 11.7. The molecule has 4 heteroatoms. The predicted octanol–water partition coefficient (Wildman–Crippen LogP) is 1.53. The molecule has 0 saturated carbocycles. The molecule has 0 aliphatic heterocycles.